The molecule has 44 heavy (non-hydrogen) atoms. The van der Waals surface area contributed by atoms with Crippen molar-refractivity contribution in [1.29, 1.82) is 5.41 Å². The monoisotopic (exact) mass is 663 g/mol. The summed E-state index contributed by atoms with van der Waals surface area (Å²) in [7, 11) is -0.163. The molecular formula is C29H35Cl2N7O5S. The van der Waals surface area contributed by atoms with Crippen LogP contribution in [0.4, 0.5) is 5.69 Å². The molecule has 1 heterocycles. The highest BCUT2D eigenvalue weighted by Crippen LogP contribution is 2.28. The largest absolute Gasteiger partial charge is 0.480 e. The lowest BCUT2D eigenvalue weighted by atomic mass is 10.1. The second kappa shape index (κ2) is 15.5. The summed E-state index contributed by atoms with van der Waals surface area (Å²) in [6.45, 7) is -0.0283. The molecule has 0 unspecified atom stereocenters. The minimum atomic E-state index is -3.89. The van der Waals surface area contributed by atoms with E-state index < -0.39 is 28.4 Å². The topological polar surface area (TPSA) is 175 Å². The van der Waals surface area contributed by atoms with Crippen LogP contribution in [0.5, 0.6) is 0 Å². The zero-order valence-corrected chi connectivity index (χ0v) is 26.6. The summed E-state index contributed by atoms with van der Waals surface area (Å²) in [5.41, 5.74) is 8.48. The number of carboxylic acid groups (broad SMARTS) is 1. The average molecular weight is 665 g/mol. The van der Waals surface area contributed by atoms with Gasteiger partial charge in [0.25, 0.3) is 10.0 Å². The van der Waals surface area contributed by atoms with Gasteiger partial charge in [-0.1, -0.05) is 42.5 Å². The Morgan fingerprint density at radius 3 is 2.25 bits per heavy atom. The van der Waals surface area contributed by atoms with Crippen molar-refractivity contribution in [1.82, 2.24) is 19.8 Å². The molecule has 0 saturated carbocycles. The Morgan fingerprint density at radius 1 is 1.00 bits per heavy atom. The van der Waals surface area contributed by atoms with Crippen LogP contribution in [0, 0.1) is 5.41 Å². The van der Waals surface area contributed by atoms with Crippen LogP contribution in [0.25, 0.3) is 11.0 Å². The third kappa shape index (κ3) is 8.69. The molecule has 236 valence electrons. The van der Waals surface area contributed by atoms with Crippen molar-refractivity contribution < 1.29 is 23.1 Å². The number of carbonyl (C=O) groups is 2. The van der Waals surface area contributed by atoms with E-state index in [0.29, 0.717) is 41.1 Å². The Balaban J connectivity index is 0.00000337. The molecule has 1 aromatic heterocycles. The Labute approximate surface area is 268 Å². The molecule has 0 radical (unpaired) electrons. The quantitative estimate of drug-likeness (QED) is 0.125. The summed E-state index contributed by atoms with van der Waals surface area (Å²) in [5.74, 6) is -1.20. The number of nitrogens with two attached hydrogens (primary N) is 1. The molecular weight excluding hydrogens is 629 g/mol. The van der Waals surface area contributed by atoms with Crippen LogP contribution in [-0.2, 0) is 32.6 Å². The number of sulfonamides is 1. The maximum atomic E-state index is 13.7. The predicted octanol–water partition coefficient (Wildman–Crippen LogP) is 2.71. The number of aromatic nitrogens is 2. The van der Waals surface area contributed by atoms with E-state index in [1.165, 1.54) is 4.31 Å². The van der Waals surface area contributed by atoms with Gasteiger partial charge in [0.1, 0.15) is 24.7 Å². The van der Waals surface area contributed by atoms with Crippen LogP contribution < -0.4 is 15.4 Å². The lowest BCUT2D eigenvalue weighted by Gasteiger charge is -2.26. The molecule has 3 aromatic carbocycles. The summed E-state index contributed by atoms with van der Waals surface area (Å²) in [6.07, 6.45) is 0.321. The Hall–Kier alpha value is -4.17. The maximum absolute atomic E-state index is 13.7. The van der Waals surface area contributed by atoms with Crippen molar-refractivity contribution in [2.24, 2.45) is 5.73 Å². The minimum absolute atomic E-state index is 0. The smallest absolute Gasteiger partial charge is 0.322 e. The van der Waals surface area contributed by atoms with Crippen LogP contribution in [0.3, 0.4) is 0 Å². The number of nitrogen functional groups attached to an aromatic ring is 1. The van der Waals surface area contributed by atoms with Crippen LogP contribution >= 0.6 is 24.8 Å². The van der Waals surface area contributed by atoms with Gasteiger partial charge in [-0.2, -0.15) is 0 Å². The zero-order chi connectivity index (χ0) is 30.4. The second-order valence-electron chi connectivity index (χ2n) is 9.94. The van der Waals surface area contributed by atoms with E-state index in [9.17, 15) is 18.0 Å². The number of amidine groups is 1. The number of hydrogen-bond donors (Lipinski definition) is 4. The number of anilines is 1. The van der Waals surface area contributed by atoms with Gasteiger partial charge in [0.05, 0.1) is 21.6 Å². The van der Waals surface area contributed by atoms with E-state index in [1.807, 2.05) is 31.1 Å². The number of carbonyl (C=O) groups excluding carboxylic acids is 1. The summed E-state index contributed by atoms with van der Waals surface area (Å²) >= 11 is 0. The minimum Gasteiger partial charge on any atom is -0.480 e. The highest BCUT2D eigenvalue weighted by atomic mass is 35.5. The van der Waals surface area contributed by atoms with Crippen molar-refractivity contribution in [2.45, 2.75) is 17.9 Å². The first kappa shape index (κ1) is 36.0. The van der Waals surface area contributed by atoms with Crippen molar-refractivity contribution in [3.8, 4) is 0 Å². The van der Waals surface area contributed by atoms with Gasteiger partial charge in [-0.05, 0) is 50.0 Å². The molecule has 0 aliphatic carbocycles. The molecule has 0 fully saturated rings. The van der Waals surface area contributed by atoms with Crippen molar-refractivity contribution in [2.75, 3.05) is 38.0 Å². The molecule has 4 aromatic rings. The molecule has 4 rings (SSSR count). The number of imidazole rings is 1. The molecule has 15 heteroatoms. The molecule has 1 amide bonds. The van der Waals surface area contributed by atoms with Gasteiger partial charge in [0.15, 0.2) is 0 Å². The van der Waals surface area contributed by atoms with Crippen LogP contribution in [-0.4, -0.2) is 79.4 Å². The third-order valence-electron chi connectivity index (χ3n) is 6.55. The molecule has 0 bridgehead atoms. The van der Waals surface area contributed by atoms with Gasteiger partial charge in [0.2, 0.25) is 5.91 Å². The third-order valence-corrected chi connectivity index (χ3v) is 8.39. The zero-order valence-electron chi connectivity index (χ0n) is 24.1. The van der Waals surface area contributed by atoms with Gasteiger partial charge in [-0.25, -0.2) is 13.4 Å². The number of fused-ring (bicyclic) bond motifs is 1. The SMILES string of the molecule is CN(C)CCN(c1ccc2c(c1)nc(Cc1ccc(C(=N)N)cc1)n2CC(=O)NCC(=O)O)S(=O)(=O)c1ccccc1.Cl.Cl. The normalized spacial score (nSPS) is 11.0. The number of nitrogens with zero attached hydrogens (tertiary/aromatic N) is 4. The number of amides is 1. The van der Waals surface area contributed by atoms with E-state index in [0.717, 1.165) is 5.56 Å². The van der Waals surface area contributed by atoms with E-state index in [2.05, 4.69) is 5.32 Å². The van der Waals surface area contributed by atoms with Crippen LogP contribution in [0.2, 0.25) is 0 Å². The number of benzene rings is 3. The lowest BCUT2D eigenvalue weighted by Crippen LogP contribution is -2.36. The first-order valence-electron chi connectivity index (χ1n) is 13.1. The predicted molar refractivity (Wildman–Crippen MR) is 175 cm³/mol. The van der Waals surface area contributed by atoms with E-state index in [4.69, 9.17) is 21.2 Å². The Bertz CT molecular complexity index is 1710. The molecule has 0 atom stereocenters. The lowest BCUT2D eigenvalue weighted by molar-refractivity contribution is -0.138. The second-order valence-corrected chi connectivity index (χ2v) is 11.8. The standard InChI is InChI=1S/C29H33N7O5S.2ClH/c1-34(2)14-15-36(42(40,41)23-6-4-3-5-7-23)22-12-13-25-24(17-22)33-26(35(25)19-27(37)32-18-28(38)39)16-20-8-10-21(11-9-20)29(30)31;;/h3-13,17H,14-16,18-19H2,1-2H3,(H3,30,31)(H,32,37)(H,38,39);2*1H. The maximum Gasteiger partial charge on any atom is 0.322 e. The summed E-state index contributed by atoms with van der Waals surface area (Å²) in [5, 5.41) is 19.0. The first-order chi connectivity index (χ1) is 20.0. The molecule has 5 N–H and O–H groups in total. The first-order valence-corrected chi connectivity index (χ1v) is 14.5. The number of likely N-dealkylation sites (N-methyl/N-ethyl adjacent to an activating group) is 1. The highest BCUT2D eigenvalue weighted by molar-refractivity contribution is 7.92. The van der Waals surface area contributed by atoms with Gasteiger partial charge < -0.3 is 25.6 Å². The molecule has 0 spiro atoms. The summed E-state index contributed by atoms with van der Waals surface area (Å²) in [6, 6.07) is 20.3. The van der Waals surface area contributed by atoms with Crippen molar-refractivity contribution in [3.63, 3.8) is 0 Å². The van der Waals surface area contributed by atoms with Crippen LogP contribution in [0.15, 0.2) is 77.7 Å². The Kier molecular flexibility index (Phi) is 12.7. The number of rotatable bonds is 13. The fraction of sp³-hybridized carbons (Fsp3) is 0.241. The van der Waals surface area contributed by atoms with Gasteiger partial charge in [-0.15, -0.1) is 24.8 Å². The Morgan fingerprint density at radius 2 is 1.66 bits per heavy atom. The number of carboxylic acids is 1. The van der Waals surface area contributed by atoms with Gasteiger partial charge >= 0.3 is 5.97 Å². The summed E-state index contributed by atoms with van der Waals surface area (Å²) < 4.78 is 30.4. The van der Waals surface area contributed by atoms with Crippen LogP contribution in [0.1, 0.15) is 17.0 Å². The summed E-state index contributed by atoms with van der Waals surface area (Å²) in [4.78, 5) is 30.4. The fourth-order valence-electron chi connectivity index (χ4n) is 4.39. The molecule has 0 saturated heterocycles. The number of aliphatic carboxylic acids is 1. The van der Waals surface area contributed by atoms with E-state index in [-0.39, 0.29) is 48.6 Å². The molecule has 0 aliphatic heterocycles. The van der Waals surface area contributed by atoms with E-state index >= 15 is 0 Å². The van der Waals surface area contributed by atoms with Gasteiger partial charge in [-0.3, -0.25) is 19.3 Å². The number of nitrogens with one attached hydrogen (secondary N) is 2. The fourth-order valence-corrected chi connectivity index (χ4v) is 5.86. The van der Waals surface area contributed by atoms with Gasteiger partial charge in [0, 0.05) is 25.1 Å². The van der Waals surface area contributed by atoms with E-state index in [1.54, 1.807) is 65.2 Å². The number of halogens is 2. The molecule has 12 nitrogen and oxygen atoms in total. The molecule has 0 aliphatic rings. The average Bonchev–Trinajstić information content (AvgIpc) is 3.28. The highest BCUT2D eigenvalue weighted by Gasteiger charge is 2.26. The van der Waals surface area contributed by atoms with Crippen molar-refractivity contribution in [3.05, 3.63) is 89.7 Å². The number of hydrogen-bond acceptors (Lipinski definition) is 7. The van der Waals surface area contributed by atoms with Crippen molar-refractivity contribution >= 4 is 69.3 Å².